The van der Waals surface area contributed by atoms with Crippen molar-refractivity contribution in [3.05, 3.63) is 47.5 Å². The van der Waals surface area contributed by atoms with E-state index in [1.807, 2.05) is 6.07 Å². The zero-order valence-corrected chi connectivity index (χ0v) is 14.3. The van der Waals surface area contributed by atoms with Gasteiger partial charge in [0.05, 0.1) is 32.6 Å². The number of ether oxygens (including phenoxy) is 3. The second-order valence-corrected chi connectivity index (χ2v) is 5.00. The van der Waals surface area contributed by atoms with Crippen molar-refractivity contribution in [2.75, 3.05) is 26.6 Å². The largest absolute Gasteiger partial charge is 0.493 e. The minimum atomic E-state index is -0.420. The molecule has 2 N–H and O–H groups in total. The number of carbonyl (C=O) groups is 1. The molecule has 0 saturated heterocycles. The standard InChI is InChI=1S/C18H19N3O4/c1-23-15-8-12(9-16(24-2)17(15)25-3)11-20-18(22)21-14-7-5-4-6-13(14)10-19/h4-9H,11H2,1-3H3,(H2,20,21,22). The minimum absolute atomic E-state index is 0.247. The number of carbonyl (C=O) groups excluding carboxylic acids is 1. The highest BCUT2D eigenvalue weighted by Crippen LogP contribution is 2.38. The number of rotatable bonds is 6. The summed E-state index contributed by atoms with van der Waals surface area (Å²) in [5.74, 6) is 1.50. The van der Waals surface area contributed by atoms with Gasteiger partial charge in [-0.25, -0.2) is 4.79 Å². The van der Waals surface area contributed by atoms with Gasteiger partial charge in [-0.3, -0.25) is 0 Å². The van der Waals surface area contributed by atoms with E-state index in [2.05, 4.69) is 10.6 Å². The normalized spacial score (nSPS) is 9.68. The number of anilines is 1. The Hall–Kier alpha value is -3.40. The molecule has 130 valence electrons. The molecule has 0 spiro atoms. The first-order valence-corrected chi connectivity index (χ1v) is 7.45. The number of amides is 2. The molecule has 0 atom stereocenters. The van der Waals surface area contributed by atoms with Gasteiger partial charge < -0.3 is 24.8 Å². The van der Waals surface area contributed by atoms with E-state index in [1.54, 1.807) is 36.4 Å². The smallest absolute Gasteiger partial charge is 0.319 e. The monoisotopic (exact) mass is 341 g/mol. The molecule has 0 saturated carbocycles. The highest BCUT2D eigenvalue weighted by molar-refractivity contribution is 5.90. The SMILES string of the molecule is COc1cc(CNC(=O)Nc2ccccc2C#N)cc(OC)c1OC. The Labute approximate surface area is 146 Å². The number of urea groups is 1. The van der Waals surface area contributed by atoms with Crippen molar-refractivity contribution in [2.45, 2.75) is 6.54 Å². The first-order chi connectivity index (χ1) is 12.1. The Bertz CT molecular complexity index is 774. The maximum absolute atomic E-state index is 12.1. The van der Waals surface area contributed by atoms with Crippen LogP contribution >= 0.6 is 0 Å². The average Bonchev–Trinajstić information content (AvgIpc) is 2.65. The molecule has 2 aromatic rings. The maximum Gasteiger partial charge on any atom is 0.319 e. The van der Waals surface area contributed by atoms with Crippen LogP contribution in [0.4, 0.5) is 10.5 Å². The van der Waals surface area contributed by atoms with Crippen LogP contribution < -0.4 is 24.8 Å². The summed E-state index contributed by atoms with van der Waals surface area (Å²) in [5.41, 5.74) is 1.62. The third kappa shape index (κ3) is 4.32. The minimum Gasteiger partial charge on any atom is -0.493 e. The van der Waals surface area contributed by atoms with Crippen molar-refractivity contribution in [3.63, 3.8) is 0 Å². The molecular weight excluding hydrogens is 322 g/mol. The van der Waals surface area contributed by atoms with Crippen LogP contribution in [0.3, 0.4) is 0 Å². The van der Waals surface area contributed by atoms with E-state index in [4.69, 9.17) is 19.5 Å². The zero-order chi connectivity index (χ0) is 18.2. The fourth-order valence-corrected chi connectivity index (χ4v) is 2.28. The first kappa shape index (κ1) is 17.9. The maximum atomic E-state index is 12.1. The Balaban J connectivity index is 2.08. The molecule has 0 fully saturated rings. The van der Waals surface area contributed by atoms with Gasteiger partial charge in [0.2, 0.25) is 5.75 Å². The van der Waals surface area contributed by atoms with Gasteiger partial charge in [0.25, 0.3) is 0 Å². The number of hydrogen-bond acceptors (Lipinski definition) is 5. The highest BCUT2D eigenvalue weighted by Gasteiger charge is 2.13. The fourth-order valence-electron chi connectivity index (χ4n) is 2.28. The summed E-state index contributed by atoms with van der Waals surface area (Å²) in [6.07, 6.45) is 0. The van der Waals surface area contributed by atoms with Gasteiger partial charge in [0.15, 0.2) is 11.5 Å². The van der Waals surface area contributed by atoms with Crippen LogP contribution in [0.25, 0.3) is 0 Å². The third-order valence-corrected chi connectivity index (χ3v) is 3.47. The number of methoxy groups -OCH3 is 3. The average molecular weight is 341 g/mol. The van der Waals surface area contributed by atoms with Gasteiger partial charge in [0.1, 0.15) is 6.07 Å². The van der Waals surface area contributed by atoms with E-state index >= 15 is 0 Å². The van der Waals surface area contributed by atoms with Gasteiger partial charge in [-0.2, -0.15) is 5.26 Å². The number of hydrogen-bond donors (Lipinski definition) is 2. The van der Waals surface area contributed by atoms with Gasteiger partial charge in [-0.15, -0.1) is 0 Å². The fraction of sp³-hybridized carbons (Fsp3) is 0.222. The molecule has 0 aliphatic rings. The van der Waals surface area contributed by atoms with Crippen molar-refractivity contribution in [1.29, 1.82) is 5.26 Å². The lowest BCUT2D eigenvalue weighted by Gasteiger charge is -2.14. The second kappa shape index (κ2) is 8.45. The van der Waals surface area contributed by atoms with E-state index in [9.17, 15) is 4.79 Å². The van der Waals surface area contributed by atoms with Crippen LogP contribution in [0.15, 0.2) is 36.4 Å². The molecule has 0 unspecified atom stereocenters. The van der Waals surface area contributed by atoms with Gasteiger partial charge >= 0.3 is 6.03 Å². The van der Waals surface area contributed by atoms with E-state index in [1.165, 1.54) is 21.3 Å². The molecule has 0 aliphatic carbocycles. The Morgan fingerprint density at radius 3 is 2.28 bits per heavy atom. The Kier molecular flexibility index (Phi) is 6.07. The van der Waals surface area contributed by atoms with Crippen LogP contribution in [0.2, 0.25) is 0 Å². The molecule has 0 aliphatic heterocycles. The molecule has 2 rings (SSSR count). The number of benzene rings is 2. The summed E-state index contributed by atoms with van der Waals surface area (Å²) in [6, 6.07) is 11.9. The summed E-state index contributed by atoms with van der Waals surface area (Å²) < 4.78 is 15.8. The molecule has 0 radical (unpaired) electrons. The quantitative estimate of drug-likeness (QED) is 0.843. The van der Waals surface area contributed by atoms with Crippen LogP contribution in [-0.2, 0) is 6.54 Å². The summed E-state index contributed by atoms with van der Waals surface area (Å²) in [6.45, 7) is 0.247. The van der Waals surface area contributed by atoms with Crippen molar-refractivity contribution >= 4 is 11.7 Å². The van der Waals surface area contributed by atoms with Gasteiger partial charge in [0, 0.05) is 6.54 Å². The molecule has 0 bridgehead atoms. The number of nitrogens with zero attached hydrogens (tertiary/aromatic N) is 1. The molecular formula is C18H19N3O4. The lowest BCUT2D eigenvalue weighted by molar-refractivity contribution is 0.251. The van der Waals surface area contributed by atoms with Crippen molar-refractivity contribution < 1.29 is 19.0 Å². The molecule has 7 nitrogen and oxygen atoms in total. The Morgan fingerprint density at radius 2 is 1.72 bits per heavy atom. The van der Waals surface area contributed by atoms with Crippen LogP contribution in [0, 0.1) is 11.3 Å². The molecule has 2 amide bonds. The van der Waals surface area contributed by atoms with E-state index in [-0.39, 0.29) is 6.54 Å². The topological polar surface area (TPSA) is 92.6 Å². The van der Waals surface area contributed by atoms with Crippen LogP contribution in [-0.4, -0.2) is 27.4 Å². The molecule has 0 aromatic heterocycles. The van der Waals surface area contributed by atoms with Crippen LogP contribution in [0.5, 0.6) is 17.2 Å². The third-order valence-electron chi connectivity index (χ3n) is 3.47. The van der Waals surface area contributed by atoms with Crippen LogP contribution in [0.1, 0.15) is 11.1 Å². The van der Waals surface area contributed by atoms with Crippen molar-refractivity contribution in [1.82, 2.24) is 5.32 Å². The molecule has 7 heteroatoms. The molecule has 2 aromatic carbocycles. The number of para-hydroxylation sites is 1. The lowest BCUT2D eigenvalue weighted by Crippen LogP contribution is -2.28. The first-order valence-electron chi connectivity index (χ1n) is 7.45. The summed E-state index contributed by atoms with van der Waals surface area (Å²) in [4.78, 5) is 12.1. The van der Waals surface area contributed by atoms with E-state index < -0.39 is 6.03 Å². The Morgan fingerprint density at radius 1 is 1.08 bits per heavy atom. The molecule has 0 heterocycles. The van der Waals surface area contributed by atoms with Crippen molar-refractivity contribution in [3.8, 4) is 23.3 Å². The lowest BCUT2D eigenvalue weighted by atomic mass is 10.1. The van der Waals surface area contributed by atoms with Crippen molar-refractivity contribution in [2.24, 2.45) is 0 Å². The zero-order valence-electron chi connectivity index (χ0n) is 14.3. The number of nitrogens with one attached hydrogen (secondary N) is 2. The summed E-state index contributed by atoms with van der Waals surface area (Å²) in [7, 11) is 4.58. The molecule has 25 heavy (non-hydrogen) atoms. The highest BCUT2D eigenvalue weighted by atomic mass is 16.5. The second-order valence-electron chi connectivity index (χ2n) is 5.00. The predicted octanol–water partition coefficient (Wildman–Crippen LogP) is 2.91. The van der Waals surface area contributed by atoms with E-state index in [0.717, 1.165) is 5.56 Å². The van der Waals surface area contributed by atoms with Gasteiger partial charge in [-0.1, -0.05) is 12.1 Å². The van der Waals surface area contributed by atoms with E-state index in [0.29, 0.717) is 28.5 Å². The van der Waals surface area contributed by atoms with Gasteiger partial charge in [-0.05, 0) is 29.8 Å². The summed E-state index contributed by atoms with van der Waals surface area (Å²) >= 11 is 0. The predicted molar refractivity (Wildman–Crippen MR) is 93.1 cm³/mol. The summed E-state index contributed by atoms with van der Waals surface area (Å²) in [5, 5.41) is 14.4. The number of nitriles is 1.